The highest BCUT2D eigenvalue weighted by Gasteiger charge is 2.23. The highest BCUT2D eigenvalue weighted by molar-refractivity contribution is 5.11. The van der Waals surface area contributed by atoms with E-state index < -0.39 is 0 Å². The zero-order valence-electron chi connectivity index (χ0n) is 8.16. The van der Waals surface area contributed by atoms with Gasteiger partial charge < -0.3 is 4.90 Å². The summed E-state index contributed by atoms with van der Waals surface area (Å²) in [5, 5.41) is 0. The molecule has 2 heterocycles. The van der Waals surface area contributed by atoms with Gasteiger partial charge in [-0.1, -0.05) is 6.07 Å². The Morgan fingerprint density at radius 2 is 2.38 bits per heavy atom. The molecule has 0 spiro atoms. The van der Waals surface area contributed by atoms with Crippen molar-refractivity contribution >= 4 is 0 Å². The lowest BCUT2D eigenvalue weighted by Gasteiger charge is -2.29. The maximum Gasteiger partial charge on any atom is 0.114 e. The maximum atomic E-state index is 4.18. The first-order valence-corrected chi connectivity index (χ1v) is 5.10. The fourth-order valence-electron chi connectivity index (χ4n) is 2.21. The molecule has 1 aromatic heterocycles. The lowest BCUT2D eigenvalue weighted by molar-refractivity contribution is -0.917. The fraction of sp³-hybridized carbons (Fsp3) is 0.545. The second-order valence-corrected chi connectivity index (χ2v) is 3.93. The van der Waals surface area contributed by atoms with Crippen LogP contribution in [0.4, 0.5) is 0 Å². The molecule has 70 valence electrons. The highest BCUT2D eigenvalue weighted by atomic mass is 15.1. The first-order valence-electron chi connectivity index (χ1n) is 5.10. The molecular weight excluding hydrogens is 160 g/mol. The van der Waals surface area contributed by atoms with Crippen LogP contribution in [0.3, 0.4) is 0 Å². The minimum Gasteiger partial charge on any atom is -0.331 e. The summed E-state index contributed by atoms with van der Waals surface area (Å²) in [6.45, 7) is 1.31. The van der Waals surface area contributed by atoms with Gasteiger partial charge in [0, 0.05) is 24.4 Å². The van der Waals surface area contributed by atoms with Crippen molar-refractivity contribution in [3.8, 4) is 0 Å². The minimum absolute atomic E-state index is 0.683. The summed E-state index contributed by atoms with van der Waals surface area (Å²) in [5.41, 5.74) is 1.40. The Morgan fingerprint density at radius 1 is 1.46 bits per heavy atom. The molecule has 2 atom stereocenters. The fourth-order valence-corrected chi connectivity index (χ4v) is 2.21. The monoisotopic (exact) mass is 177 g/mol. The first-order chi connectivity index (χ1) is 6.38. The van der Waals surface area contributed by atoms with Crippen LogP contribution >= 0.6 is 0 Å². The largest absolute Gasteiger partial charge is 0.331 e. The van der Waals surface area contributed by atoms with Gasteiger partial charge in [-0.2, -0.15) is 0 Å². The SMILES string of the molecule is C[NH+]1CCCC[C@H]1c1cccnc1. The number of likely N-dealkylation sites (tertiary alicyclic amines) is 1. The molecular formula is C11H17N2+. The average molecular weight is 177 g/mol. The number of hydrogen-bond acceptors (Lipinski definition) is 1. The van der Waals surface area contributed by atoms with Gasteiger partial charge in [-0.05, 0) is 18.9 Å². The third-order valence-electron chi connectivity index (χ3n) is 3.00. The smallest absolute Gasteiger partial charge is 0.114 e. The molecule has 0 amide bonds. The van der Waals surface area contributed by atoms with Crippen LogP contribution in [-0.2, 0) is 0 Å². The Labute approximate surface area is 79.6 Å². The number of nitrogens with zero attached hydrogens (tertiary/aromatic N) is 1. The van der Waals surface area contributed by atoms with Crippen molar-refractivity contribution in [1.82, 2.24) is 4.98 Å². The molecule has 2 rings (SSSR count). The molecule has 1 aromatic rings. The van der Waals surface area contributed by atoms with E-state index >= 15 is 0 Å². The van der Waals surface area contributed by atoms with Crippen molar-refractivity contribution < 1.29 is 4.90 Å². The molecule has 2 heteroatoms. The zero-order chi connectivity index (χ0) is 9.10. The van der Waals surface area contributed by atoms with Crippen molar-refractivity contribution in [3.05, 3.63) is 30.1 Å². The van der Waals surface area contributed by atoms with Gasteiger partial charge in [-0.3, -0.25) is 4.98 Å². The Bertz CT molecular complexity index is 258. The Morgan fingerprint density at radius 3 is 3.08 bits per heavy atom. The lowest BCUT2D eigenvalue weighted by Crippen LogP contribution is -3.10. The third kappa shape index (κ3) is 1.89. The van der Waals surface area contributed by atoms with Gasteiger partial charge in [-0.15, -0.1) is 0 Å². The van der Waals surface area contributed by atoms with Crippen molar-refractivity contribution in [1.29, 1.82) is 0 Å². The van der Waals surface area contributed by atoms with E-state index in [0.717, 1.165) is 0 Å². The van der Waals surface area contributed by atoms with Gasteiger partial charge in [0.15, 0.2) is 0 Å². The molecule has 1 aliphatic rings. The van der Waals surface area contributed by atoms with Crippen LogP contribution in [0.1, 0.15) is 30.9 Å². The van der Waals surface area contributed by atoms with Crippen molar-refractivity contribution in [2.24, 2.45) is 0 Å². The number of hydrogen-bond donors (Lipinski definition) is 1. The Balaban J connectivity index is 2.15. The van der Waals surface area contributed by atoms with E-state index in [-0.39, 0.29) is 0 Å². The topological polar surface area (TPSA) is 17.3 Å². The molecule has 1 unspecified atom stereocenters. The summed E-state index contributed by atoms with van der Waals surface area (Å²) in [6, 6.07) is 4.92. The number of rotatable bonds is 1. The highest BCUT2D eigenvalue weighted by Crippen LogP contribution is 2.17. The second-order valence-electron chi connectivity index (χ2n) is 3.93. The summed E-state index contributed by atoms with van der Waals surface area (Å²) < 4.78 is 0. The van der Waals surface area contributed by atoms with Gasteiger partial charge in [0.05, 0.1) is 13.6 Å². The van der Waals surface area contributed by atoms with E-state index in [1.165, 1.54) is 31.4 Å². The molecule has 2 nitrogen and oxygen atoms in total. The summed E-state index contributed by atoms with van der Waals surface area (Å²) >= 11 is 0. The average Bonchev–Trinajstić information content (AvgIpc) is 2.20. The molecule has 0 radical (unpaired) electrons. The summed E-state index contributed by atoms with van der Waals surface area (Å²) in [5.74, 6) is 0. The van der Waals surface area contributed by atoms with Crippen LogP contribution in [-0.4, -0.2) is 18.6 Å². The number of piperidine rings is 1. The van der Waals surface area contributed by atoms with E-state index in [1.54, 1.807) is 4.90 Å². The first kappa shape index (κ1) is 8.70. The molecule has 13 heavy (non-hydrogen) atoms. The maximum absolute atomic E-state index is 4.18. The van der Waals surface area contributed by atoms with Crippen LogP contribution in [0.15, 0.2) is 24.5 Å². The lowest BCUT2D eigenvalue weighted by atomic mass is 9.97. The number of aromatic nitrogens is 1. The summed E-state index contributed by atoms with van der Waals surface area (Å²) in [7, 11) is 2.29. The van der Waals surface area contributed by atoms with Crippen molar-refractivity contribution in [2.75, 3.05) is 13.6 Å². The van der Waals surface area contributed by atoms with Crippen LogP contribution in [0.5, 0.6) is 0 Å². The van der Waals surface area contributed by atoms with E-state index in [0.29, 0.717) is 6.04 Å². The zero-order valence-corrected chi connectivity index (χ0v) is 8.16. The molecule has 1 saturated heterocycles. The predicted octanol–water partition coefficient (Wildman–Crippen LogP) is 0.821. The number of nitrogens with one attached hydrogen (secondary N) is 1. The van der Waals surface area contributed by atoms with Crippen molar-refractivity contribution in [2.45, 2.75) is 25.3 Å². The van der Waals surface area contributed by atoms with E-state index in [1.807, 2.05) is 18.5 Å². The van der Waals surface area contributed by atoms with Crippen molar-refractivity contribution in [3.63, 3.8) is 0 Å². The van der Waals surface area contributed by atoms with E-state index in [9.17, 15) is 0 Å². The second kappa shape index (κ2) is 3.88. The quantitative estimate of drug-likeness (QED) is 0.672. The van der Waals surface area contributed by atoms with Crippen LogP contribution in [0, 0.1) is 0 Å². The summed E-state index contributed by atoms with van der Waals surface area (Å²) in [6.07, 6.45) is 7.93. The minimum atomic E-state index is 0.683. The third-order valence-corrected chi connectivity index (χ3v) is 3.00. The number of pyridine rings is 1. The molecule has 1 N–H and O–H groups in total. The molecule has 1 aliphatic heterocycles. The molecule has 0 aromatic carbocycles. The van der Waals surface area contributed by atoms with Gasteiger partial charge in [0.25, 0.3) is 0 Å². The van der Waals surface area contributed by atoms with Gasteiger partial charge in [0.2, 0.25) is 0 Å². The van der Waals surface area contributed by atoms with Crippen LogP contribution in [0.2, 0.25) is 0 Å². The normalized spacial score (nSPS) is 28.7. The Kier molecular flexibility index (Phi) is 2.60. The van der Waals surface area contributed by atoms with Gasteiger partial charge in [-0.25, -0.2) is 0 Å². The van der Waals surface area contributed by atoms with E-state index in [4.69, 9.17) is 0 Å². The van der Waals surface area contributed by atoms with Gasteiger partial charge in [0.1, 0.15) is 6.04 Å². The van der Waals surface area contributed by atoms with Gasteiger partial charge >= 0.3 is 0 Å². The predicted molar refractivity (Wildman–Crippen MR) is 52.6 cm³/mol. The van der Waals surface area contributed by atoms with Crippen LogP contribution in [0.25, 0.3) is 0 Å². The molecule has 0 aliphatic carbocycles. The van der Waals surface area contributed by atoms with E-state index in [2.05, 4.69) is 18.1 Å². The molecule has 1 fully saturated rings. The molecule has 0 saturated carbocycles. The molecule has 0 bridgehead atoms. The van der Waals surface area contributed by atoms with Crippen LogP contribution < -0.4 is 4.90 Å². The number of quaternary nitrogens is 1. The standard InChI is InChI=1S/C11H16N2/c1-13-8-3-2-6-11(13)10-5-4-7-12-9-10/h4-5,7,9,11H,2-3,6,8H2,1H3/p+1/t11-/m0/s1. The summed E-state index contributed by atoms with van der Waals surface area (Å²) in [4.78, 5) is 5.82. The Hall–Kier alpha value is -0.890.